The van der Waals surface area contributed by atoms with E-state index in [-0.39, 0.29) is 45.9 Å². The van der Waals surface area contributed by atoms with Crippen molar-refractivity contribution in [3.8, 4) is 6.07 Å². The van der Waals surface area contributed by atoms with Crippen molar-refractivity contribution < 1.29 is 13.2 Å². The van der Waals surface area contributed by atoms with Crippen LogP contribution in [0.25, 0.3) is 0 Å². The second-order valence-electron chi connectivity index (χ2n) is 4.68. The van der Waals surface area contributed by atoms with E-state index in [4.69, 9.17) is 39.1 Å². The number of anilines is 1. The fourth-order valence-electron chi connectivity index (χ4n) is 2.28. The van der Waals surface area contributed by atoms with E-state index in [0.717, 1.165) is 0 Å². The van der Waals surface area contributed by atoms with Gasteiger partial charge in [0.1, 0.15) is 0 Å². The first-order valence-corrected chi connectivity index (χ1v) is 9.06. The largest absolute Gasteiger partial charge is 0.309 e. The van der Waals surface area contributed by atoms with Crippen LogP contribution in [0.15, 0.2) is 12.1 Å². The van der Waals surface area contributed by atoms with Gasteiger partial charge in [-0.3, -0.25) is 4.79 Å². The second-order valence-corrected chi connectivity index (χ2v) is 8.32. The third-order valence-electron chi connectivity index (χ3n) is 3.06. The molecule has 0 aliphatic carbocycles. The van der Waals surface area contributed by atoms with Crippen molar-refractivity contribution in [1.82, 2.24) is 0 Å². The molecule has 1 saturated heterocycles. The molecule has 0 N–H and O–H groups in total. The van der Waals surface area contributed by atoms with Crippen molar-refractivity contribution in [3.05, 3.63) is 27.7 Å². The third kappa shape index (κ3) is 3.80. The summed E-state index contributed by atoms with van der Waals surface area (Å²) in [5.74, 6) is -0.987. The van der Waals surface area contributed by atoms with Crippen LogP contribution < -0.4 is 4.90 Å². The molecule has 0 spiro atoms. The number of halogens is 3. The van der Waals surface area contributed by atoms with Crippen LogP contribution in [0.3, 0.4) is 0 Å². The van der Waals surface area contributed by atoms with Crippen molar-refractivity contribution in [2.24, 2.45) is 5.92 Å². The summed E-state index contributed by atoms with van der Waals surface area (Å²) in [5, 5.41) is 9.17. The van der Waals surface area contributed by atoms with Crippen molar-refractivity contribution >= 4 is 54.5 Å². The Labute approximate surface area is 136 Å². The first kappa shape index (κ1) is 16.4. The summed E-state index contributed by atoms with van der Waals surface area (Å²) in [7, 11) is 1.53. The van der Waals surface area contributed by atoms with Gasteiger partial charge in [0.25, 0.3) is 0 Å². The zero-order valence-electron chi connectivity index (χ0n) is 10.5. The summed E-state index contributed by atoms with van der Waals surface area (Å²) < 4.78 is 22.2. The molecular formula is C12H9Cl3N2O3S. The minimum atomic E-state index is -3.68. The molecule has 1 aliphatic heterocycles. The van der Waals surface area contributed by atoms with Gasteiger partial charge in [0.2, 0.25) is 15.0 Å². The van der Waals surface area contributed by atoms with Crippen LogP contribution in [0.2, 0.25) is 10.0 Å². The van der Waals surface area contributed by atoms with Gasteiger partial charge in [0.05, 0.1) is 33.1 Å². The normalized spacial score (nSPS) is 18.9. The Morgan fingerprint density at radius 2 is 1.90 bits per heavy atom. The van der Waals surface area contributed by atoms with E-state index >= 15 is 0 Å². The van der Waals surface area contributed by atoms with Gasteiger partial charge in [-0.15, -0.1) is 0 Å². The lowest BCUT2D eigenvalue weighted by Crippen LogP contribution is -2.26. The highest BCUT2D eigenvalue weighted by Crippen LogP contribution is 2.38. The molecule has 5 nitrogen and oxygen atoms in total. The highest BCUT2D eigenvalue weighted by atomic mass is 35.7. The lowest BCUT2D eigenvalue weighted by molar-refractivity contribution is -0.117. The number of hydrogen-bond acceptors (Lipinski definition) is 4. The number of carbonyl (C=O) groups excluding carboxylic acids is 1. The fourth-order valence-corrected chi connectivity index (χ4v) is 4.29. The molecule has 0 aromatic heterocycles. The molecule has 9 heteroatoms. The maximum atomic E-state index is 12.0. The number of carbonyl (C=O) groups is 1. The number of nitriles is 1. The Bertz CT molecular complexity index is 720. The van der Waals surface area contributed by atoms with Crippen LogP contribution in [-0.4, -0.2) is 26.6 Å². The molecular weight excluding hydrogens is 359 g/mol. The van der Waals surface area contributed by atoms with Crippen LogP contribution in [-0.2, 0) is 13.8 Å². The molecule has 0 saturated carbocycles. The Kier molecular flexibility index (Phi) is 4.69. The lowest BCUT2D eigenvalue weighted by atomic mass is 10.1. The molecule has 1 heterocycles. The topological polar surface area (TPSA) is 78.2 Å². The van der Waals surface area contributed by atoms with E-state index in [2.05, 4.69) is 0 Å². The number of nitrogens with zero attached hydrogens (tertiary/aromatic N) is 2. The van der Waals surface area contributed by atoms with Gasteiger partial charge in [0.15, 0.2) is 0 Å². The van der Waals surface area contributed by atoms with Gasteiger partial charge in [-0.2, -0.15) is 5.26 Å². The van der Waals surface area contributed by atoms with Gasteiger partial charge >= 0.3 is 0 Å². The van der Waals surface area contributed by atoms with Crippen LogP contribution in [0.1, 0.15) is 12.0 Å². The fraction of sp³-hybridized carbons (Fsp3) is 0.333. The smallest absolute Gasteiger partial charge is 0.232 e. The highest BCUT2D eigenvalue weighted by molar-refractivity contribution is 8.13. The summed E-state index contributed by atoms with van der Waals surface area (Å²) in [5.41, 5.74) is 0.567. The summed E-state index contributed by atoms with van der Waals surface area (Å²) in [6.07, 6.45) is 0.0542. The van der Waals surface area contributed by atoms with Gasteiger partial charge in [-0.25, -0.2) is 8.42 Å². The van der Waals surface area contributed by atoms with Gasteiger partial charge in [-0.05, 0) is 12.1 Å². The van der Waals surface area contributed by atoms with E-state index in [9.17, 15) is 13.2 Å². The molecule has 1 atom stereocenters. The van der Waals surface area contributed by atoms with Crippen molar-refractivity contribution in [1.29, 1.82) is 5.26 Å². The minimum Gasteiger partial charge on any atom is -0.309 e. The van der Waals surface area contributed by atoms with Crippen molar-refractivity contribution in [2.75, 3.05) is 17.2 Å². The maximum absolute atomic E-state index is 12.0. The zero-order chi connectivity index (χ0) is 15.8. The lowest BCUT2D eigenvalue weighted by Gasteiger charge is -2.19. The summed E-state index contributed by atoms with van der Waals surface area (Å²) >= 11 is 12.1. The first-order valence-electron chi connectivity index (χ1n) is 5.83. The maximum Gasteiger partial charge on any atom is 0.232 e. The number of benzene rings is 1. The van der Waals surface area contributed by atoms with Crippen LogP contribution in [0.5, 0.6) is 0 Å². The molecule has 1 aromatic carbocycles. The number of hydrogen-bond donors (Lipinski definition) is 0. The second kappa shape index (κ2) is 6.01. The van der Waals surface area contributed by atoms with E-state index in [1.54, 1.807) is 0 Å². The average Bonchev–Trinajstić information content (AvgIpc) is 2.66. The molecule has 1 aliphatic rings. The third-order valence-corrected chi connectivity index (χ3v) is 4.88. The molecule has 1 aromatic rings. The highest BCUT2D eigenvalue weighted by Gasteiger charge is 2.35. The van der Waals surface area contributed by atoms with Crippen LogP contribution in [0, 0.1) is 17.2 Å². The van der Waals surface area contributed by atoms with Crippen molar-refractivity contribution in [3.63, 3.8) is 0 Å². The molecule has 1 fully saturated rings. The van der Waals surface area contributed by atoms with E-state index < -0.39 is 15.0 Å². The van der Waals surface area contributed by atoms with Gasteiger partial charge < -0.3 is 4.90 Å². The summed E-state index contributed by atoms with van der Waals surface area (Å²) in [6, 6.07) is 4.72. The first-order chi connectivity index (χ1) is 9.71. The molecule has 0 bridgehead atoms. The van der Waals surface area contributed by atoms with E-state index in [1.165, 1.54) is 17.0 Å². The quantitative estimate of drug-likeness (QED) is 0.770. The molecule has 112 valence electrons. The zero-order valence-corrected chi connectivity index (χ0v) is 13.6. The Balaban J connectivity index is 2.32. The van der Waals surface area contributed by atoms with E-state index in [1.807, 2.05) is 6.07 Å². The SMILES string of the molecule is N#Cc1cc(Cl)c(N2CC(CS(=O)(=O)Cl)CC2=O)c(Cl)c1. The number of rotatable bonds is 3. The molecule has 1 unspecified atom stereocenters. The Hall–Kier alpha value is -1.00. The molecule has 2 rings (SSSR count). The summed E-state index contributed by atoms with van der Waals surface area (Å²) in [6.45, 7) is 0.163. The van der Waals surface area contributed by atoms with Gasteiger partial charge in [-0.1, -0.05) is 23.2 Å². The average molecular weight is 368 g/mol. The Morgan fingerprint density at radius 1 is 1.33 bits per heavy atom. The van der Waals surface area contributed by atoms with Crippen LogP contribution in [0.4, 0.5) is 5.69 Å². The standard InChI is InChI=1S/C12H9Cl3N2O3S/c13-9-1-7(4-16)2-10(14)12(9)17-5-8(3-11(17)18)6-21(15,19)20/h1-2,8H,3,5-6H2. The van der Waals surface area contributed by atoms with Gasteiger partial charge in [0, 0.05) is 29.6 Å². The molecule has 21 heavy (non-hydrogen) atoms. The molecule has 0 radical (unpaired) electrons. The summed E-state index contributed by atoms with van der Waals surface area (Å²) in [4.78, 5) is 13.4. The predicted molar refractivity (Wildman–Crippen MR) is 81.3 cm³/mol. The number of amides is 1. The predicted octanol–water partition coefficient (Wildman–Crippen LogP) is 2.79. The molecule has 1 amide bonds. The van der Waals surface area contributed by atoms with E-state index in [0.29, 0.717) is 0 Å². The monoisotopic (exact) mass is 366 g/mol. The van der Waals surface area contributed by atoms with Crippen LogP contribution >= 0.6 is 33.9 Å². The minimum absolute atomic E-state index is 0.0542. The Morgan fingerprint density at radius 3 is 2.38 bits per heavy atom. The van der Waals surface area contributed by atoms with Crippen molar-refractivity contribution in [2.45, 2.75) is 6.42 Å².